The van der Waals surface area contributed by atoms with Gasteiger partial charge >= 0.3 is 0 Å². The fourth-order valence-electron chi connectivity index (χ4n) is 3.24. The largest absolute Gasteiger partial charge is 0.394 e. The van der Waals surface area contributed by atoms with E-state index < -0.39 is 31.0 Å². The topological polar surface area (TPSA) is 79.2 Å². The van der Waals surface area contributed by atoms with Crippen LogP contribution in [-0.4, -0.2) is 59.6 Å². The van der Waals surface area contributed by atoms with E-state index in [0.29, 0.717) is 6.61 Å². The molecule has 26 heavy (non-hydrogen) atoms. The van der Waals surface area contributed by atoms with Crippen LogP contribution in [0.3, 0.4) is 0 Å². The fourth-order valence-corrected chi connectivity index (χ4v) is 3.24. The Hall–Kier alpha value is -0.460. The van der Waals surface area contributed by atoms with E-state index in [1.165, 1.54) is 57.8 Å². The van der Waals surface area contributed by atoms with Gasteiger partial charge in [0.15, 0.2) is 0 Å². The summed E-state index contributed by atoms with van der Waals surface area (Å²) in [6.45, 7) is 2.70. The zero-order chi connectivity index (χ0) is 19.0. The maximum atomic E-state index is 10.0. The predicted octanol–water partition coefficient (Wildman–Crippen LogP) is 3.35. The van der Waals surface area contributed by atoms with Gasteiger partial charge in [0, 0.05) is 6.61 Å². The van der Waals surface area contributed by atoms with Crippen molar-refractivity contribution >= 4 is 0 Å². The first-order chi connectivity index (χ1) is 12.7. The van der Waals surface area contributed by atoms with Crippen molar-refractivity contribution in [2.75, 3.05) is 19.8 Å². The number of unbranched alkanes of at least 4 members (excludes halogenated alkanes) is 9. The third kappa shape index (κ3) is 10.0. The van der Waals surface area contributed by atoms with Crippen LogP contribution in [-0.2, 0) is 9.47 Å². The van der Waals surface area contributed by atoms with Gasteiger partial charge in [-0.05, 0) is 25.7 Å². The molecule has 0 aromatic heterocycles. The zero-order valence-electron chi connectivity index (χ0n) is 16.5. The molecule has 1 heterocycles. The molecule has 0 saturated carbocycles. The van der Waals surface area contributed by atoms with Crippen LogP contribution >= 0.6 is 0 Å². The molecule has 1 aliphatic rings. The van der Waals surface area contributed by atoms with E-state index >= 15 is 0 Å². The van der Waals surface area contributed by atoms with E-state index in [1.54, 1.807) is 0 Å². The van der Waals surface area contributed by atoms with Crippen molar-refractivity contribution in [3.63, 3.8) is 0 Å². The average Bonchev–Trinajstić information content (AvgIpc) is 3.02. The van der Waals surface area contributed by atoms with E-state index in [2.05, 4.69) is 19.1 Å². The van der Waals surface area contributed by atoms with Gasteiger partial charge in [0.1, 0.15) is 24.4 Å². The van der Waals surface area contributed by atoms with Crippen LogP contribution in [0.1, 0.15) is 77.6 Å². The van der Waals surface area contributed by atoms with Gasteiger partial charge in [-0.15, -0.1) is 0 Å². The van der Waals surface area contributed by atoms with Gasteiger partial charge in [-0.3, -0.25) is 0 Å². The molecule has 5 heteroatoms. The molecule has 0 unspecified atom stereocenters. The lowest BCUT2D eigenvalue weighted by Gasteiger charge is -2.20. The molecule has 0 radical (unpaired) electrons. The first-order valence-corrected chi connectivity index (χ1v) is 10.6. The SMILES string of the molecule is CCCC/C=C/CCCCCCCCCO[C@H]1CO[C@@H]([C@H](O)CO)[C@H]1O. The zero-order valence-corrected chi connectivity index (χ0v) is 16.5. The lowest BCUT2D eigenvalue weighted by Crippen LogP contribution is -2.41. The summed E-state index contributed by atoms with van der Waals surface area (Å²) >= 11 is 0. The Labute approximate surface area is 159 Å². The van der Waals surface area contributed by atoms with Crippen molar-refractivity contribution in [2.24, 2.45) is 0 Å². The monoisotopic (exact) mass is 372 g/mol. The summed E-state index contributed by atoms with van der Waals surface area (Å²) < 4.78 is 11.0. The summed E-state index contributed by atoms with van der Waals surface area (Å²) in [5.41, 5.74) is 0. The third-order valence-electron chi connectivity index (χ3n) is 4.97. The second kappa shape index (κ2) is 15.6. The van der Waals surface area contributed by atoms with E-state index in [4.69, 9.17) is 14.6 Å². The number of rotatable bonds is 16. The van der Waals surface area contributed by atoms with Crippen LogP contribution in [0.4, 0.5) is 0 Å². The van der Waals surface area contributed by atoms with Gasteiger partial charge < -0.3 is 24.8 Å². The maximum Gasteiger partial charge on any atom is 0.114 e. The van der Waals surface area contributed by atoms with Gasteiger partial charge in [0.2, 0.25) is 0 Å². The van der Waals surface area contributed by atoms with Gasteiger partial charge in [0.25, 0.3) is 0 Å². The lowest BCUT2D eigenvalue weighted by atomic mass is 10.1. The summed E-state index contributed by atoms with van der Waals surface area (Å²) in [4.78, 5) is 0. The first kappa shape index (κ1) is 23.6. The molecule has 1 saturated heterocycles. The Morgan fingerprint density at radius 3 is 2.27 bits per heavy atom. The summed E-state index contributed by atoms with van der Waals surface area (Å²) in [7, 11) is 0. The number of aliphatic hydroxyl groups is 3. The van der Waals surface area contributed by atoms with Crippen LogP contribution in [0.15, 0.2) is 12.2 Å². The highest BCUT2D eigenvalue weighted by atomic mass is 16.6. The molecule has 0 aliphatic carbocycles. The highest BCUT2D eigenvalue weighted by Gasteiger charge is 2.40. The Balaban J connectivity index is 1.87. The van der Waals surface area contributed by atoms with Crippen molar-refractivity contribution in [1.82, 2.24) is 0 Å². The third-order valence-corrected chi connectivity index (χ3v) is 4.97. The Morgan fingerprint density at radius 2 is 1.62 bits per heavy atom. The second-order valence-corrected chi connectivity index (χ2v) is 7.32. The smallest absolute Gasteiger partial charge is 0.114 e. The molecule has 4 atom stereocenters. The summed E-state index contributed by atoms with van der Waals surface area (Å²) in [6.07, 6.45) is 15.2. The van der Waals surface area contributed by atoms with E-state index in [0.717, 1.165) is 12.8 Å². The molecule has 0 amide bonds. The number of allylic oxidation sites excluding steroid dienone is 2. The molecule has 0 aromatic rings. The first-order valence-electron chi connectivity index (χ1n) is 10.6. The van der Waals surface area contributed by atoms with Crippen molar-refractivity contribution in [3.8, 4) is 0 Å². The molecular weight excluding hydrogens is 332 g/mol. The quantitative estimate of drug-likeness (QED) is 0.286. The molecule has 5 nitrogen and oxygen atoms in total. The van der Waals surface area contributed by atoms with Gasteiger partial charge in [-0.2, -0.15) is 0 Å². The minimum absolute atomic E-state index is 0.274. The van der Waals surface area contributed by atoms with Crippen LogP contribution in [0.5, 0.6) is 0 Å². The number of hydrogen-bond acceptors (Lipinski definition) is 5. The second-order valence-electron chi connectivity index (χ2n) is 7.32. The van der Waals surface area contributed by atoms with E-state index in [1.807, 2.05) is 0 Å². The lowest BCUT2D eigenvalue weighted by molar-refractivity contribution is -0.0730. The highest BCUT2D eigenvalue weighted by Crippen LogP contribution is 2.20. The molecule has 154 valence electrons. The van der Waals surface area contributed by atoms with Crippen molar-refractivity contribution in [3.05, 3.63) is 12.2 Å². The molecule has 1 rings (SSSR count). The van der Waals surface area contributed by atoms with E-state index in [9.17, 15) is 10.2 Å². The van der Waals surface area contributed by atoms with Crippen LogP contribution in [0, 0.1) is 0 Å². The number of aliphatic hydroxyl groups excluding tert-OH is 3. The molecule has 3 N–H and O–H groups in total. The summed E-state index contributed by atoms with van der Waals surface area (Å²) in [6, 6.07) is 0. The molecule has 0 bridgehead atoms. The van der Waals surface area contributed by atoms with Crippen molar-refractivity contribution in [2.45, 2.75) is 102 Å². The standard InChI is InChI=1S/C21H40O5/c1-2-3-4-5-6-7-8-9-10-11-12-13-14-15-25-19-17-26-21(20(19)24)18(23)16-22/h5-6,18-24H,2-4,7-17H2,1H3/b6-5+/t18-,19+,20+,21+/m1/s1. The Kier molecular flexibility index (Phi) is 14.1. The molecule has 1 aliphatic heterocycles. The van der Waals surface area contributed by atoms with Crippen LogP contribution < -0.4 is 0 Å². The highest BCUT2D eigenvalue weighted by molar-refractivity contribution is 4.88. The number of ether oxygens (including phenoxy) is 2. The van der Waals surface area contributed by atoms with Crippen LogP contribution in [0.2, 0.25) is 0 Å². The minimum Gasteiger partial charge on any atom is -0.394 e. The predicted molar refractivity (Wildman–Crippen MR) is 104 cm³/mol. The summed E-state index contributed by atoms with van der Waals surface area (Å²) in [5.74, 6) is 0. The van der Waals surface area contributed by atoms with Gasteiger partial charge in [-0.25, -0.2) is 0 Å². The molecule has 1 fully saturated rings. The summed E-state index contributed by atoms with van der Waals surface area (Å²) in [5, 5.41) is 28.5. The van der Waals surface area contributed by atoms with Crippen LogP contribution in [0.25, 0.3) is 0 Å². The van der Waals surface area contributed by atoms with Crippen molar-refractivity contribution < 1.29 is 24.8 Å². The van der Waals surface area contributed by atoms with Gasteiger partial charge in [-0.1, -0.05) is 64.0 Å². The Morgan fingerprint density at radius 1 is 1.00 bits per heavy atom. The maximum absolute atomic E-state index is 10.0. The fraction of sp³-hybridized carbons (Fsp3) is 0.905. The van der Waals surface area contributed by atoms with Crippen molar-refractivity contribution in [1.29, 1.82) is 0 Å². The van der Waals surface area contributed by atoms with E-state index in [-0.39, 0.29) is 6.61 Å². The average molecular weight is 373 g/mol. The minimum atomic E-state index is -1.05. The molecule has 0 spiro atoms. The normalized spacial score (nSPS) is 24.5. The molecule has 0 aromatic carbocycles. The molecular formula is C21H40O5. The van der Waals surface area contributed by atoms with Gasteiger partial charge in [0.05, 0.1) is 13.2 Å². The Bertz CT molecular complexity index is 347. The number of hydrogen-bond donors (Lipinski definition) is 3.